The highest BCUT2D eigenvalue weighted by molar-refractivity contribution is 7.12. The molecule has 0 bridgehead atoms. The van der Waals surface area contributed by atoms with Gasteiger partial charge in [0.05, 0.1) is 10.6 Å². The molecule has 0 saturated carbocycles. The first-order valence-corrected chi connectivity index (χ1v) is 9.93. The summed E-state index contributed by atoms with van der Waals surface area (Å²) in [6.07, 6.45) is 0. The van der Waals surface area contributed by atoms with Crippen LogP contribution in [-0.4, -0.2) is 24.9 Å². The van der Waals surface area contributed by atoms with Crippen molar-refractivity contribution >= 4 is 28.8 Å². The van der Waals surface area contributed by atoms with E-state index in [-0.39, 0.29) is 11.8 Å². The third-order valence-corrected chi connectivity index (χ3v) is 5.23. The molecule has 1 N–H and O–H groups in total. The second kappa shape index (κ2) is 8.99. The van der Waals surface area contributed by atoms with Crippen molar-refractivity contribution in [2.24, 2.45) is 0 Å². The summed E-state index contributed by atoms with van der Waals surface area (Å²) >= 11 is 1.41. The SMILES string of the molecule is CC(=O)N(CCNC(=O)c1cccs1)c1c(C(C)C)cccc1C(C)C. The molecular weight excluding hydrogens is 344 g/mol. The first-order valence-electron chi connectivity index (χ1n) is 9.05. The van der Waals surface area contributed by atoms with E-state index in [1.54, 1.807) is 17.9 Å². The Morgan fingerprint density at radius 1 is 1.04 bits per heavy atom. The summed E-state index contributed by atoms with van der Waals surface area (Å²) in [5.74, 6) is 0.521. The quantitative estimate of drug-likeness (QED) is 0.760. The minimum atomic E-state index is -0.0928. The van der Waals surface area contributed by atoms with Crippen molar-refractivity contribution in [3.05, 3.63) is 51.7 Å². The second-order valence-electron chi connectivity index (χ2n) is 7.00. The number of carbonyl (C=O) groups excluding carboxylic acids is 2. The maximum atomic E-state index is 12.4. The van der Waals surface area contributed by atoms with Crippen LogP contribution in [0.4, 0.5) is 5.69 Å². The lowest BCUT2D eigenvalue weighted by atomic mass is 9.92. The van der Waals surface area contributed by atoms with Crippen LogP contribution in [0.3, 0.4) is 0 Å². The molecule has 0 spiro atoms. The average Bonchev–Trinajstić information content (AvgIpc) is 3.12. The first kappa shape index (κ1) is 20.2. The van der Waals surface area contributed by atoms with Crippen LogP contribution in [0.25, 0.3) is 0 Å². The van der Waals surface area contributed by atoms with Crippen molar-refractivity contribution < 1.29 is 9.59 Å². The minimum absolute atomic E-state index is 0.00891. The van der Waals surface area contributed by atoms with E-state index in [4.69, 9.17) is 0 Å². The van der Waals surface area contributed by atoms with E-state index >= 15 is 0 Å². The molecule has 0 aliphatic rings. The predicted molar refractivity (Wildman–Crippen MR) is 109 cm³/mol. The van der Waals surface area contributed by atoms with Crippen LogP contribution in [0.5, 0.6) is 0 Å². The highest BCUT2D eigenvalue weighted by Gasteiger charge is 2.22. The number of amides is 2. The van der Waals surface area contributed by atoms with Crippen LogP contribution in [0, 0.1) is 0 Å². The van der Waals surface area contributed by atoms with Gasteiger partial charge in [0.1, 0.15) is 0 Å². The van der Waals surface area contributed by atoms with Gasteiger partial charge in [-0.15, -0.1) is 11.3 Å². The smallest absolute Gasteiger partial charge is 0.261 e. The van der Waals surface area contributed by atoms with Gasteiger partial charge in [-0.1, -0.05) is 52.0 Å². The number of hydrogen-bond acceptors (Lipinski definition) is 3. The third kappa shape index (κ3) is 4.73. The van der Waals surface area contributed by atoms with Gasteiger partial charge in [0.25, 0.3) is 5.91 Å². The predicted octanol–water partition coefficient (Wildman–Crippen LogP) is 4.78. The van der Waals surface area contributed by atoms with Gasteiger partial charge in [0, 0.05) is 20.0 Å². The first-order chi connectivity index (χ1) is 12.3. The summed E-state index contributed by atoms with van der Waals surface area (Å²) in [4.78, 5) is 27.0. The van der Waals surface area contributed by atoms with E-state index in [0.717, 1.165) is 16.8 Å². The van der Waals surface area contributed by atoms with Crippen LogP contribution in [0.2, 0.25) is 0 Å². The maximum Gasteiger partial charge on any atom is 0.261 e. The van der Waals surface area contributed by atoms with Gasteiger partial charge in [-0.3, -0.25) is 9.59 Å². The molecule has 2 aromatic rings. The summed E-state index contributed by atoms with van der Waals surface area (Å²) in [6, 6.07) is 9.89. The van der Waals surface area contributed by atoms with E-state index in [9.17, 15) is 9.59 Å². The fraction of sp³-hybridized carbons (Fsp3) is 0.429. The summed E-state index contributed by atoms with van der Waals surface area (Å²) in [5, 5.41) is 4.79. The molecule has 0 radical (unpaired) electrons. The molecule has 0 saturated heterocycles. The van der Waals surface area contributed by atoms with Crippen LogP contribution < -0.4 is 10.2 Å². The molecule has 0 atom stereocenters. The van der Waals surface area contributed by atoms with Crippen molar-refractivity contribution in [2.45, 2.75) is 46.5 Å². The van der Waals surface area contributed by atoms with E-state index in [1.165, 1.54) is 11.3 Å². The second-order valence-corrected chi connectivity index (χ2v) is 7.95. The molecule has 1 aromatic carbocycles. The lowest BCUT2D eigenvalue weighted by Gasteiger charge is -2.29. The van der Waals surface area contributed by atoms with Crippen molar-refractivity contribution in [1.29, 1.82) is 0 Å². The zero-order valence-corrected chi connectivity index (χ0v) is 17.0. The van der Waals surface area contributed by atoms with Crippen LogP contribution in [0.15, 0.2) is 35.7 Å². The highest BCUT2D eigenvalue weighted by atomic mass is 32.1. The van der Waals surface area contributed by atoms with E-state index < -0.39 is 0 Å². The standard InChI is InChI=1S/C21H28N2O2S/c1-14(2)17-8-6-9-18(15(3)4)20(17)23(16(5)24)12-11-22-21(25)19-10-7-13-26-19/h6-10,13-15H,11-12H2,1-5H3,(H,22,25). The molecule has 4 nitrogen and oxygen atoms in total. The molecule has 0 fully saturated rings. The molecule has 2 rings (SSSR count). The average molecular weight is 373 g/mol. The number of thiophene rings is 1. The topological polar surface area (TPSA) is 49.4 Å². The number of benzene rings is 1. The van der Waals surface area contributed by atoms with Gasteiger partial charge in [0.15, 0.2) is 0 Å². The Kier molecular flexibility index (Phi) is 6.98. The lowest BCUT2D eigenvalue weighted by Crippen LogP contribution is -2.38. The summed E-state index contributed by atoms with van der Waals surface area (Å²) in [7, 11) is 0. The highest BCUT2D eigenvalue weighted by Crippen LogP contribution is 2.35. The van der Waals surface area contributed by atoms with E-state index in [1.807, 2.05) is 11.4 Å². The Balaban J connectivity index is 2.24. The monoisotopic (exact) mass is 372 g/mol. The van der Waals surface area contributed by atoms with E-state index in [0.29, 0.717) is 29.8 Å². The van der Waals surface area contributed by atoms with Gasteiger partial charge in [-0.25, -0.2) is 0 Å². The maximum absolute atomic E-state index is 12.4. The Labute approximate surface area is 160 Å². The number of nitrogens with zero attached hydrogens (tertiary/aromatic N) is 1. The number of nitrogens with one attached hydrogen (secondary N) is 1. The van der Waals surface area contributed by atoms with Crippen molar-refractivity contribution in [1.82, 2.24) is 5.32 Å². The molecular formula is C21H28N2O2S. The Morgan fingerprint density at radius 2 is 1.65 bits per heavy atom. The van der Waals surface area contributed by atoms with Gasteiger partial charge >= 0.3 is 0 Å². The minimum Gasteiger partial charge on any atom is -0.350 e. The number of anilines is 1. The molecule has 0 aliphatic heterocycles. The van der Waals surface area contributed by atoms with Crippen LogP contribution >= 0.6 is 11.3 Å². The van der Waals surface area contributed by atoms with Crippen LogP contribution in [0.1, 0.15) is 67.3 Å². The van der Waals surface area contributed by atoms with Gasteiger partial charge in [-0.2, -0.15) is 0 Å². The number of para-hydroxylation sites is 1. The molecule has 140 valence electrons. The van der Waals surface area contributed by atoms with Crippen molar-refractivity contribution in [3.63, 3.8) is 0 Å². The van der Waals surface area contributed by atoms with Crippen LogP contribution in [-0.2, 0) is 4.79 Å². The van der Waals surface area contributed by atoms with Gasteiger partial charge < -0.3 is 10.2 Å². The zero-order chi connectivity index (χ0) is 19.3. The molecule has 2 amide bonds. The summed E-state index contributed by atoms with van der Waals surface area (Å²) in [6.45, 7) is 11.0. The summed E-state index contributed by atoms with van der Waals surface area (Å²) < 4.78 is 0. The van der Waals surface area contributed by atoms with Gasteiger partial charge in [0.2, 0.25) is 5.91 Å². The fourth-order valence-electron chi connectivity index (χ4n) is 3.03. The van der Waals surface area contributed by atoms with E-state index in [2.05, 4.69) is 51.2 Å². The molecule has 0 aliphatic carbocycles. The molecule has 1 heterocycles. The van der Waals surface area contributed by atoms with Crippen molar-refractivity contribution in [2.75, 3.05) is 18.0 Å². The normalized spacial score (nSPS) is 11.0. The third-order valence-electron chi connectivity index (χ3n) is 4.36. The number of rotatable bonds is 7. The largest absolute Gasteiger partial charge is 0.350 e. The molecule has 1 aromatic heterocycles. The van der Waals surface area contributed by atoms with Gasteiger partial charge in [-0.05, 0) is 34.4 Å². The zero-order valence-electron chi connectivity index (χ0n) is 16.2. The molecule has 26 heavy (non-hydrogen) atoms. The summed E-state index contributed by atoms with van der Waals surface area (Å²) in [5.41, 5.74) is 3.32. The fourth-order valence-corrected chi connectivity index (χ4v) is 3.67. The Hall–Kier alpha value is -2.14. The molecule has 5 heteroatoms. The number of hydrogen-bond donors (Lipinski definition) is 1. The lowest BCUT2D eigenvalue weighted by molar-refractivity contribution is -0.116. The molecule has 0 unspecified atom stereocenters. The number of carbonyl (C=O) groups is 2. The Morgan fingerprint density at radius 3 is 2.12 bits per heavy atom. The van der Waals surface area contributed by atoms with Crippen molar-refractivity contribution in [3.8, 4) is 0 Å². The Bertz CT molecular complexity index is 725.